The molecule has 0 amide bonds. The summed E-state index contributed by atoms with van der Waals surface area (Å²) in [6.45, 7) is 2.10. The highest BCUT2D eigenvalue weighted by Gasteiger charge is 3.06. The molecule has 5 nitrogen and oxygen atoms in total. The Labute approximate surface area is 170 Å². The third-order valence-electron chi connectivity index (χ3n) is 9.89. The van der Waals surface area contributed by atoms with Crippen LogP contribution in [0.3, 0.4) is 0 Å². The first-order valence-electron chi connectivity index (χ1n) is 10.9. The van der Waals surface area contributed by atoms with Crippen LogP contribution in [-0.2, 0) is 24.7 Å². The second-order valence-electron chi connectivity index (χ2n) is 10.0. The molecule has 8 rings (SSSR count). The molecule has 8 atom stereocenters. The maximum atomic E-state index is 13.7. The second kappa shape index (κ2) is 5.05. The van der Waals surface area contributed by atoms with Gasteiger partial charge in [-0.3, -0.25) is 9.59 Å². The van der Waals surface area contributed by atoms with Crippen LogP contribution < -0.4 is 0 Å². The van der Waals surface area contributed by atoms with Gasteiger partial charge in [-0.1, -0.05) is 43.7 Å². The van der Waals surface area contributed by atoms with Gasteiger partial charge in [-0.05, 0) is 48.0 Å². The predicted molar refractivity (Wildman–Crippen MR) is 103 cm³/mol. The van der Waals surface area contributed by atoms with Gasteiger partial charge in [0, 0.05) is 11.3 Å². The van der Waals surface area contributed by atoms with E-state index in [0.717, 1.165) is 24.8 Å². The van der Waals surface area contributed by atoms with Crippen molar-refractivity contribution in [2.45, 2.75) is 38.2 Å². The molecular formula is C24H28O5. The van der Waals surface area contributed by atoms with Crippen molar-refractivity contribution < 1.29 is 24.2 Å². The molecule has 1 aromatic carbocycles. The van der Waals surface area contributed by atoms with E-state index >= 15 is 0 Å². The van der Waals surface area contributed by atoms with Crippen molar-refractivity contribution in [2.24, 2.45) is 45.8 Å². The first-order chi connectivity index (χ1) is 13.9. The largest absolute Gasteiger partial charge is 0.469 e. The number of benzene rings is 1. The van der Waals surface area contributed by atoms with Crippen molar-refractivity contribution >= 4 is 11.9 Å². The molecule has 5 heteroatoms. The summed E-state index contributed by atoms with van der Waals surface area (Å²) in [6, 6.07) is 9.82. The molecule has 0 heterocycles. The van der Waals surface area contributed by atoms with E-state index in [4.69, 9.17) is 9.47 Å². The van der Waals surface area contributed by atoms with Crippen LogP contribution in [0, 0.1) is 45.8 Å². The zero-order valence-electron chi connectivity index (χ0n) is 17.2. The van der Waals surface area contributed by atoms with Crippen LogP contribution in [0.4, 0.5) is 0 Å². The Kier molecular flexibility index (Phi) is 3.12. The highest BCUT2D eigenvalue weighted by Crippen LogP contribution is 3.03. The number of rotatable bonds is 5. The summed E-state index contributed by atoms with van der Waals surface area (Å²) < 4.78 is 10.7. The fourth-order valence-electron chi connectivity index (χ4n) is 9.78. The average molecular weight is 396 g/mol. The lowest BCUT2D eigenvalue weighted by Crippen LogP contribution is -2.65. The normalized spacial score (nSPS) is 48.6. The van der Waals surface area contributed by atoms with E-state index in [9.17, 15) is 14.7 Å². The van der Waals surface area contributed by atoms with E-state index in [1.165, 1.54) is 14.2 Å². The number of carbonyl (C=O) groups is 2. The second-order valence-corrected chi connectivity index (χ2v) is 10.0. The molecule has 0 aliphatic heterocycles. The van der Waals surface area contributed by atoms with E-state index in [0.29, 0.717) is 6.42 Å². The zero-order chi connectivity index (χ0) is 20.4. The predicted octanol–water partition coefficient (Wildman–Crippen LogP) is 2.91. The molecule has 0 unspecified atom stereocenters. The van der Waals surface area contributed by atoms with Gasteiger partial charge >= 0.3 is 11.9 Å². The summed E-state index contributed by atoms with van der Waals surface area (Å²) >= 11 is 0. The molecule has 1 N–H and O–H groups in total. The standard InChI is InChI=1S/C24H28O5/c1-4-10-22-15-14-17(19(25)28-2)23(22,20(26)29-3)18(21(14)11-12-21)16(15)24(22,27)13-8-6-5-7-9-13/h5-9,14-18,27H,4,10-12H2,1-3H3/t14-,15-,16-,17-,18-,22+,23+,24+/m1/s1. The van der Waals surface area contributed by atoms with Crippen LogP contribution in [0.1, 0.15) is 38.2 Å². The Morgan fingerprint density at radius 3 is 2.31 bits per heavy atom. The summed E-state index contributed by atoms with van der Waals surface area (Å²) in [6.07, 6.45) is 3.63. The summed E-state index contributed by atoms with van der Waals surface area (Å²) in [5.74, 6) is -0.784. The number of esters is 2. The van der Waals surface area contributed by atoms with Gasteiger partial charge in [-0.15, -0.1) is 0 Å². The average Bonchev–Trinajstić information content (AvgIpc) is 3.23. The van der Waals surface area contributed by atoms with Crippen molar-refractivity contribution in [2.75, 3.05) is 14.2 Å². The Balaban J connectivity index is 1.66. The highest BCUT2D eigenvalue weighted by molar-refractivity contribution is 5.93. The van der Waals surface area contributed by atoms with Gasteiger partial charge < -0.3 is 14.6 Å². The van der Waals surface area contributed by atoms with Crippen molar-refractivity contribution in [3.8, 4) is 0 Å². The molecule has 0 saturated heterocycles. The number of carbonyl (C=O) groups excluding carboxylic acids is 2. The summed E-state index contributed by atoms with van der Waals surface area (Å²) in [7, 11) is 2.84. The number of ether oxygens (including phenoxy) is 2. The van der Waals surface area contributed by atoms with Crippen molar-refractivity contribution in [1.29, 1.82) is 0 Å². The molecule has 154 valence electrons. The molecule has 0 aromatic heterocycles. The number of methoxy groups -OCH3 is 2. The molecule has 7 fully saturated rings. The molecule has 1 aromatic rings. The van der Waals surface area contributed by atoms with Crippen LogP contribution >= 0.6 is 0 Å². The van der Waals surface area contributed by atoms with Gasteiger partial charge in [0.25, 0.3) is 0 Å². The van der Waals surface area contributed by atoms with E-state index in [1.54, 1.807) is 0 Å². The van der Waals surface area contributed by atoms with Crippen molar-refractivity contribution in [3.05, 3.63) is 35.9 Å². The van der Waals surface area contributed by atoms with E-state index in [2.05, 4.69) is 6.92 Å². The van der Waals surface area contributed by atoms with Crippen LogP contribution in [-0.4, -0.2) is 31.3 Å². The minimum atomic E-state index is -1.10. The molecule has 29 heavy (non-hydrogen) atoms. The van der Waals surface area contributed by atoms with Gasteiger partial charge in [0.15, 0.2) is 0 Å². The third kappa shape index (κ3) is 1.38. The molecule has 7 aliphatic carbocycles. The fourth-order valence-corrected chi connectivity index (χ4v) is 9.78. The minimum absolute atomic E-state index is 0.00111. The van der Waals surface area contributed by atoms with E-state index in [1.807, 2.05) is 30.3 Å². The lowest BCUT2D eigenvalue weighted by molar-refractivity contribution is -0.247. The fraction of sp³-hybridized carbons (Fsp3) is 0.667. The Bertz CT molecular complexity index is 922. The zero-order valence-corrected chi connectivity index (χ0v) is 17.2. The molecule has 1 spiro atoms. The summed E-state index contributed by atoms with van der Waals surface area (Å²) in [5, 5.41) is 12.4. The van der Waals surface area contributed by atoms with Crippen LogP contribution in [0.25, 0.3) is 0 Å². The summed E-state index contributed by atoms with van der Waals surface area (Å²) in [4.78, 5) is 26.8. The summed E-state index contributed by atoms with van der Waals surface area (Å²) in [5.41, 5.74) is -1.85. The van der Waals surface area contributed by atoms with Crippen LogP contribution in [0.5, 0.6) is 0 Å². The number of aliphatic hydroxyl groups is 1. The topological polar surface area (TPSA) is 72.8 Å². The van der Waals surface area contributed by atoms with Gasteiger partial charge in [-0.2, -0.15) is 0 Å². The minimum Gasteiger partial charge on any atom is -0.469 e. The van der Waals surface area contributed by atoms with Gasteiger partial charge in [0.05, 0.1) is 25.6 Å². The van der Waals surface area contributed by atoms with Gasteiger partial charge in [0.2, 0.25) is 0 Å². The van der Waals surface area contributed by atoms with Crippen LogP contribution in [0.2, 0.25) is 0 Å². The molecule has 7 saturated carbocycles. The SMILES string of the molecule is CCC[C@]12[C@@H]3[C@@H]4[C@H](C(=O)OC)[C@@]1(C(=O)OC)[C@H]([C@@H]3[C@@]2(O)c1ccccc1)C41CC1. The van der Waals surface area contributed by atoms with E-state index in [-0.39, 0.29) is 41.0 Å². The number of hydrogen-bond donors (Lipinski definition) is 1. The van der Waals surface area contributed by atoms with Gasteiger partial charge in [0.1, 0.15) is 5.60 Å². The number of hydrogen-bond acceptors (Lipinski definition) is 5. The van der Waals surface area contributed by atoms with Crippen molar-refractivity contribution in [1.82, 2.24) is 0 Å². The van der Waals surface area contributed by atoms with Crippen LogP contribution in [0.15, 0.2) is 30.3 Å². The molecule has 6 bridgehead atoms. The molecule has 7 aliphatic rings. The highest BCUT2D eigenvalue weighted by atomic mass is 16.5. The third-order valence-corrected chi connectivity index (χ3v) is 9.89. The van der Waals surface area contributed by atoms with Gasteiger partial charge in [-0.25, -0.2) is 0 Å². The molecular weight excluding hydrogens is 368 g/mol. The van der Waals surface area contributed by atoms with E-state index < -0.39 is 22.3 Å². The lowest BCUT2D eigenvalue weighted by Gasteiger charge is -2.61. The monoisotopic (exact) mass is 396 g/mol. The first kappa shape index (κ1) is 17.9. The maximum Gasteiger partial charge on any atom is 0.313 e. The Hall–Kier alpha value is -1.88. The van der Waals surface area contributed by atoms with Crippen molar-refractivity contribution in [3.63, 3.8) is 0 Å². The first-order valence-corrected chi connectivity index (χ1v) is 10.9. The Morgan fingerprint density at radius 2 is 1.76 bits per heavy atom. The smallest absolute Gasteiger partial charge is 0.313 e. The Morgan fingerprint density at radius 1 is 1.07 bits per heavy atom. The molecule has 0 radical (unpaired) electrons. The maximum absolute atomic E-state index is 13.7. The quantitative estimate of drug-likeness (QED) is 0.775. The lowest BCUT2D eigenvalue weighted by atomic mass is 9.44.